The van der Waals surface area contributed by atoms with Crippen LogP contribution in [-0.4, -0.2) is 95.7 Å². The minimum atomic E-state index is -1.33. The van der Waals surface area contributed by atoms with Crippen molar-refractivity contribution in [3.63, 3.8) is 0 Å². The predicted molar refractivity (Wildman–Crippen MR) is 164 cm³/mol. The molecule has 0 unspecified atom stereocenters. The number of carboxylic acids is 6. The smallest absolute Gasteiger partial charge is 0.545 e. The molecule has 2 heterocycles. The first-order valence-corrected chi connectivity index (χ1v) is 13.6. The van der Waals surface area contributed by atoms with E-state index in [1.54, 1.807) is 24.3 Å². The van der Waals surface area contributed by atoms with Gasteiger partial charge in [0.2, 0.25) is 0 Å². The minimum absolute atomic E-state index is 0. The molecule has 0 aromatic heterocycles. The third-order valence-electron chi connectivity index (χ3n) is 5.97. The van der Waals surface area contributed by atoms with Gasteiger partial charge in [0.1, 0.15) is 13.2 Å². The number of fused-ring (bicyclic) bond motifs is 7. The second kappa shape index (κ2) is 22.4. The standard InChI is InChI=1S/C10H8O4.3C8H6O4.2Al/c11-9-7-1-2-8(4-3-7)10(12)14-6-5-13-9;3*9-7(10)5-1-2-6(4-3-5)8(11)12;;/h1-4H,5-6H2;3*1-4H,(H,9,10)(H,11,12);;/q;;;;2*+3/p-6. The van der Waals surface area contributed by atoms with Crippen LogP contribution in [-0.2, 0) is 9.47 Å². The van der Waals surface area contributed by atoms with E-state index in [1.165, 1.54) is 0 Å². The summed E-state index contributed by atoms with van der Waals surface area (Å²) in [5.74, 6) is -8.79. The van der Waals surface area contributed by atoms with Crippen molar-refractivity contribution < 1.29 is 78.5 Å². The number of aromatic carboxylic acids is 6. The number of carboxylic acid groups (broad SMARTS) is 6. The zero-order chi connectivity index (χ0) is 37.4. The van der Waals surface area contributed by atoms with Crippen LogP contribution >= 0.6 is 0 Å². The van der Waals surface area contributed by atoms with Gasteiger partial charge in [-0.05, 0) is 57.6 Å². The molecule has 0 spiro atoms. The van der Waals surface area contributed by atoms with Gasteiger partial charge in [0.25, 0.3) is 0 Å². The summed E-state index contributed by atoms with van der Waals surface area (Å²) in [6.45, 7) is 0.200. The van der Waals surface area contributed by atoms with Crippen LogP contribution < -0.4 is 30.6 Å². The van der Waals surface area contributed by atoms with Crippen molar-refractivity contribution in [2.24, 2.45) is 0 Å². The molecular formula is C34H20Al2O16. The van der Waals surface area contributed by atoms with E-state index in [2.05, 4.69) is 0 Å². The monoisotopic (exact) mass is 738 g/mol. The third kappa shape index (κ3) is 15.1. The summed E-state index contributed by atoms with van der Waals surface area (Å²) in [6, 6.07) is 20.0. The summed E-state index contributed by atoms with van der Waals surface area (Å²) in [7, 11) is 0. The van der Waals surface area contributed by atoms with Gasteiger partial charge in [-0.15, -0.1) is 0 Å². The zero-order valence-corrected chi connectivity index (χ0v) is 28.6. The third-order valence-corrected chi connectivity index (χ3v) is 5.97. The number of benzene rings is 4. The molecule has 2 aliphatic heterocycles. The van der Waals surface area contributed by atoms with Crippen LogP contribution in [0.3, 0.4) is 0 Å². The van der Waals surface area contributed by atoms with Gasteiger partial charge in [0.15, 0.2) is 0 Å². The van der Waals surface area contributed by atoms with Crippen molar-refractivity contribution in [1.82, 2.24) is 0 Å². The van der Waals surface area contributed by atoms with Gasteiger partial charge < -0.3 is 68.9 Å². The van der Waals surface area contributed by atoms with E-state index in [9.17, 15) is 69.0 Å². The SMILES string of the molecule is O=C([O-])c1ccc(C(=O)[O-])cc1.O=C([O-])c1ccc(C(=O)[O-])cc1.O=C([O-])c1ccc(C(=O)[O-])cc1.O=C1OCCOC(=O)c2ccc1cc2.[Al+3].[Al+3]. The van der Waals surface area contributed by atoms with Crippen LogP contribution in [0.1, 0.15) is 82.9 Å². The molecule has 2 aliphatic rings. The van der Waals surface area contributed by atoms with E-state index in [1.807, 2.05) is 0 Å². The molecule has 0 N–H and O–H groups in total. The summed E-state index contributed by atoms with van der Waals surface area (Å²) in [5, 5.41) is 61.2. The number of hydrogen-bond acceptors (Lipinski definition) is 16. The van der Waals surface area contributed by atoms with E-state index < -0.39 is 47.8 Å². The molecule has 0 saturated carbocycles. The van der Waals surface area contributed by atoms with E-state index in [0.29, 0.717) is 11.1 Å². The average Bonchev–Trinajstić information content (AvgIpc) is 3.10. The largest absolute Gasteiger partial charge is 3.00 e. The predicted octanol–water partition coefficient (Wildman–Crippen LogP) is -4.51. The van der Waals surface area contributed by atoms with Crippen LogP contribution in [0, 0.1) is 0 Å². The summed E-state index contributed by atoms with van der Waals surface area (Å²) in [6.07, 6.45) is 0. The molecule has 0 amide bonds. The van der Waals surface area contributed by atoms with E-state index in [4.69, 9.17) is 9.47 Å². The van der Waals surface area contributed by atoms with Crippen molar-refractivity contribution in [1.29, 1.82) is 0 Å². The van der Waals surface area contributed by atoms with Gasteiger partial charge in [-0.25, -0.2) is 9.59 Å². The Labute approximate surface area is 314 Å². The Kier molecular flexibility index (Phi) is 19.7. The van der Waals surface area contributed by atoms with Crippen molar-refractivity contribution in [3.05, 3.63) is 142 Å². The summed E-state index contributed by atoms with van der Waals surface area (Å²) in [5.41, 5.74) is 0.562. The number of rotatable bonds is 6. The van der Waals surface area contributed by atoms with Crippen LogP contribution in [0.2, 0.25) is 0 Å². The van der Waals surface area contributed by atoms with Crippen molar-refractivity contribution >= 4 is 82.5 Å². The molecule has 52 heavy (non-hydrogen) atoms. The summed E-state index contributed by atoms with van der Waals surface area (Å²) in [4.78, 5) is 83.8. The number of ether oxygens (including phenoxy) is 2. The molecule has 6 rings (SSSR count). The number of carbonyl (C=O) groups excluding carboxylic acids is 8. The van der Waals surface area contributed by atoms with Gasteiger partial charge in [-0.2, -0.15) is 0 Å². The fourth-order valence-corrected chi connectivity index (χ4v) is 3.40. The molecule has 4 aromatic rings. The molecule has 0 saturated heterocycles. The normalized spacial score (nSPS) is 10.8. The Balaban J connectivity index is 0.000000660. The van der Waals surface area contributed by atoms with Crippen LogP contribution in [0.4, 0.5) is 0 Å². The number of esters is 2. The van der Waals surface area contributed by atoms with Gasteiger partial charge in [0.05, 0.1) is 46.9 Å². The number of carbonyl (C=O) groups is 8. The summed E-state index contributed by atoms with van der Waals surface area (Å²) >= 11 is 0. The first-order valence-electron chi connectivity index (χ1n) is 13.6. The van der Waals surface area contributed by atoms with Crippen molar-refractivity contribution in [2.75, 3.05) is 13.2 Å². The Morgan fingerprint density at radius 1 is 0.346 bits per heavy atom. The molecule has 0 atom stereocenters. The van der Waals surface area contributed by atoms with E-state index in [-0.39, 0.29) is 81.3 Å². The fourth-order valence-electron chi connectivity index (χ4n) is 3.40. The van der Waals surface area contributed by atoms with Crippen LogP contribution in [0.25, 0.3) is 0 Å². The molecular weight excluding hydrogens is 718 g/mol. The molecule has 258 valence electrons. The Morgan fingerprint density at radius 2 is 0.500 bits per heavy atom. The first-order chi connectivity index (χ1) is 23.6. The van der Waals surface area contributed by atoms with E-state index >= 15 is 0 Å². The molecule has 18 heteroatoms. The molecule has 0 fully saturated rings. The van der Waals surface area contributed by atoms with Gasteiger partial charge >= 0.3 is 46.7 Å². The quantitative estimate of drug-likeness (QED) is 0.133. The molecule has 0 radical (unpaired) electrons. The van der Waals surface area contributed by atoms with Gasteiger partial charge in [-0.3, -0.25) is 0 Å². The van der Waals surface area contributed by atoms with Gasteiger partial charge in [-0.1, -0.05) is 72.8 Å². The van der Waals surface area contributed by atoms with Crippen molar-refractivity contribution in [2.45, 2.75) is 0 Å². The zero-order valence-electron chi connectivity index (χ0n) is 26.3. The maximum Gasteiger partial charge on any atom is 3.00 e. The Morgan fingerprint density at radius 3 is 0.635 bits per heavy atom. The minimum Gasteiger partial charge on any atom is -0.545 e. The Bertz CT molecular complexity index is 1570. The van der Waals surface area contributed by atoms with Crippen molar-refractivity contribution in [3.8, 4) is 0 Å². The summed E-state index contributed by atoms with van der Waals surface area (Å²) < 4.78 is 9.66. The molecule has 2 bridgehead atoms. The molecule has 4 aromatic carbocycles. The number of hydrogen-bond donors (Lipinski definition) is 0. The fraction of sp³-hybridized carbons (Fsp3) is 0.0588. The van der Waals surface area contributed by atoms with E-state index in [0.717, 1.165) is 72.8 Å². The van der Waals surface area contributed by atoms with Gasteiger partial charge in [0, 0.05) is 0 Å². The van der Waals surface area contributed by atoms with Crippen LogP contribution in [0.5, 0.6) is 0 Å². The van der Waals surface area contributed by atoms with Crippen LogP contribution in [0.15, 0.2) is 97.1 Å². The topological polar surface area (TPSA) is 293 Å². The second-order valence-corrected chi connectivity index (χ2v) is 9.31. The molecule has 16 nitrogen and oxygen atoms in total. The maximum absolute atomic E-state index is 11.3. The maximum atomic E-state index is 11.3. The second-order valence-electron chi connectivity index (χ2n) is 9.31. The molecule has 0 aliphatic carbocycles. The average molecular weight is 738 g/mol. The Hall–Kier alpha value is -6.30. The first kappa shape index (κ1) is 45.7.